The van der Waals surface area contributed by atoms with Gasteiger partial charge in [-0.1, -0.05) is 32.9 Å². The van der Waals surface area contributed by atoms with E-state index < -0.39 is 0 Å². The molecule has 0 saturated carbocycles. The van der Waals surface area contributed by atoms with Gasteiger partial charge in [0.05, 0.1) is 0 Å². The first-order chi connectivity index (χ1) is 7.27. The Labute approximate surface area is 91.5 Å². The van der Waals surface area contributed by atoms with Crippen molar-refractivity contribution in [1.29, 1.82) is 0 Å². The van der Waals surface area contributed by atoms with E-state index in [0.717, 1.165) is 6.42 Å². The molecule has 1 atom stereocenters. The van der Waals surface area contributed by atoms with Gasteiger partial charge in [0, 0.05) is 17.1 Å². The molecule has 2 aromatic rings. The van der Waals surface area contributed by atoms with Crippen molar-refractivity contribution < 1.29 is 0 Å². The van der Waals surface area contributed by atoms with Crippen LogP contribution in [0.25, 0.3) is 10.9 Å². The molecule has 80 valence electrons. The number of aryl methyl sites for hydroxylation is 1. The second kappa shape index (κ2) is 4.09. The van der Waals surface area contributed by atoms with Crippen LogP contribution in [0.15, 0.2) is 24.4 Å². The molecule has 0 aliphatic heterocycles. The Morgan fingerprint density at radius 1 is 1.20 bits per heavy atom. The first-order valence-electron chi connectivity index (χ1n) is 5.86. The second-order valence-corrected chi connectivity index (χ2v) is 4.24. The van der Waals surface area contributed by atoms with Crippen molar-refractivity contribution in [1.82, 2.24) is 4.98 Å². The summed E-state index contributed by atoms with van der Waals surface area (Å²) in [5.41, 5.74) is 4.23. The molecule has 0 aliphatic rings. The second-order valence-electron chi connectivity index (χ2n) is 4.24. The van der Waals surface area contributed by atoms with Crippen molar-refractivity contribution in [2.75, 3.05) is 0 Å². The van der Waals surface area contributed by atoms with Crippen LogP contribution in [0.4, 0.5) is 0 Å². The number of fused-ring (bicyclic) bond motifs is 1. The third kappa shape index (κ3) is 1.67. The zero-order chi connectivity index (χ0) is 10.8. The van der Waals surface area contributed by atoms with E-state index in [4.69, 9.17) is 0 Å². The summed E-state index contributed by atoms with van der Waals surface area (Å²) in [6, 6.07) is 6.76. The number of rotatable bonds is 3. The van der Waals surface area contributed by atoms with E-state index in [1.807, 2.05) is 0 Å². The molecule has 15 heavy (non-hydrogen) atoms. The zero-order valence-corrected chi connectivity index (χ0v) is 9.80. The van der Waals surface area contributed by atoms with Gasteiger partial charge >= 0.3 is 0 Å². The molecule has 1 heterocycles. The Morgan fingerprint density at radius 2 is 2.00 bits per heavy atom. The summed E-state index contributed by atoms with van der Waals surface area (Å²) in [5, 5.41) is 1.41. The smallest absolute Gasteiger partial charge is 0.0489 e. The van der Waals surface area contributed by atoms with Crippen LogP contribution in [0.3, 0.4) is 0 Å². The van der Waals surface area contributed by atoms with Crippen LogP contribution in [-0.4, -0.2) is 4.98 Å². The number of aromatic amines is 1. The minimum atomic E-state index is 0.647. The third-order valence-corrected chi connectivity index (χ3v) is 3.37. The van der Waals surface area contributed by atoms with Crippen LogP contribution >= 0.6 is 0 Å². The summed E-state index contributed by atoms with van der Waals surface area (Å²) in [6.45, 7) is 6.75. The molecule has 1 N–H and O–H groups in total. The lowest BCUT2D eigenvalue weighted by Crippen LogP contribution is -1.94. The highest BCUT2D eigenvalue weighted by Gasteiger charge is 2.10. The SMILES string of the molecule is CCc1ccc(C(C)CC)c2cc[nH]c12. The van der Waals surface area contributed by atoms with Crippen molar-refractivity contribution in [3.63, 3.8) is 0 Å². The first kappa shape index (κ1) is 10.3. The highest BCUT2D eigenvalue weighted by molar-refractivity contribution is 5.86. The average molecular weight is 201 g/mol. The number of H-pyrrole nitrogens is 1. The predicted octanol–water partition coefficient (Wildman–Crippen LogP) is 4.24. The highest BCUT2D eigenvalue weighted by Crippen LogP contribution is 2.29. The van der Waals surface area contributed by atoms with E-state index >= 15 is 0 Å². The molecule has 2 rings (SSSR count). The molecule has 1 nitrogen and oxygen atoms in total. The monoisotopic (exact) mass is 201 g/mol. The maximum atomic E-state index is 3.36. The number of nitrogens with one attached hydrogen (secondary N) is 1. The minimum Gasteiger partial charge on any atom is -0.361 e. The van der Waals surface area contributed by atoms with E-state index in [1.54, 1.807) is 0 Å². The molecular formula is C14H19N. The Kier molecular flexibility index (Phi) is 2.81. The van der Waals surface area contributed by atoms with E-state index in [0.29, 0.717) is 5.92 Å². The van der Waals surface area contributed by atoms with Gasteiger partial charge in [0.15, 0.2) is 0 Å². The normalized spacial score (nSPS) is 13.3. The number of benzene rings is 1. The Bertz CT molecular complexity index is 453. The van der Waals surface area contributed by atoms with Gasteiger partial charge in [0.1, 0.15) is 0 Å². The lowest BCUT2D eigenvalue weighted by atomic mass is 9.93. The van der Waals surface area contributed by atoms with Crippen LogP contribution in [0.1, 0.15) is 44.2 Å². The quantitative estimate of drug-likeness (QED) is 0.764. The topological polar surface area (TPSA) is 15.8 Å². The number of hydrogen-bond acceptors (Lipinski definition) is 0. The van der Waals surface area contributed by atoms with Gasteiger partial charge in [-0.25, -0.2) is 0 Å². The lowest BCUT2D eigenvalue weighted by Gasteiger charge is -2.12. The molecule has 1 aromatic heterocycles. The van der Waals surface area contributed by atoms with Crippen LogP contribution in [0, 0.1) is 0 Å². The summed E-state index contributed by atoms with van der Waals surface area (Å²) in [5.74, 6) is 0.647. The van der Waals surface area contributed by atoms with Crippen LogP contribution in [0.2, 0.25) is 0 Å². The molecule has 1 aromatic carbocycles. The van der Waals surface area contributed by atoms with Crippen LogP contribution in [-0.2, 0) is 6.42 Å². The lowest BCUT2D eigenvalue weighted by molar-refractivity contribution is 0.739. The standard InChI is InChI=1S/C14H19N/c1-4-10(3)12-7-6-11(5-2)14-13(12)8-9-15-14/h6-10,15H,4-5H2,1-3H3. The van der Waals surface area contributed by atoms with Crippen molar-refractivity contribution in [3.05, 3.63) is 35.5 Å². The number of hydrogen-bond donors (Lipinski definition) is 1. The van der Waals surface area contributed by atoms with Gasteiger partial charge in [0.25, 0.3) is 0 Å². The summed E-state index contributed by atoms with van der Waals surface area (Å²) >= 11 is 0. The van der Waals surface area contributed by atoms with Gasteiger partial charge in [-0.3, -0.25) is 0 Å². The van der Waals surface area contributed by atoms with Gasteiger partial charge in [0.2, 0.25) is 0 Å². The fourth-order valence-corrected chi connectivity index (χ4v) is 2.18. The zero-order valence-electron chi connectivity index (χ0n) is 9.80. The molecular weight excluding hydrogens is 182 g/mol. The average Bonchev–Trinajstić information content (AvgIpc) is 2.75. The van der Waals surface area contributed by atoms with Crippen LogP contribution < -0.4 is 0 Å². The highest BCUT2D eigenvalue weighted by atomic mass is 14.7. The Balaban J connectivity index is 2.63. The Morgan fingerprint density at radius 3 is 2.67 bits per heavy atom. The maximum Gasteiger partial charge on any atom is 0.0489 e. The van der Waals surface area contributed by atoms with Crippen molar-refractivity contribution >= 4 is 10.9 Å². The summed E-state index contributed by atoms with van der Waals surface area (Å²) < 4.78 is 0. The van der Waals surface area contributed by atoms with E-state index in [-0.39, 0.29) is 0 Å². The largest absolute Gasteiger partial charge is 0.361 e. The number of aromatic nitrogens is 1. The fourth-order valence-electron chi connectivity index (χ4n) is 2.18. The fraction of sp³-hybridized carbons (Fsp3) is 0.429. The van der Waals surface area contributed by atoms with Crippen molar-refractivity contribution in [3.8, 4) is 0 Å². The molecule has 0 bridgehead atoms. The predicted molar refractivity (Wildman–Crippen MR) is 66.4 cm³/mol. The van der Waals surface area contributed by atoms with Crippen LogP contribution in [0.5, 0.6) is 0 Å². The molecule has 1 heteroatoms. The van der Waals surface area contributed by atoms with Crippen molar-refractivity contribution in [2.24, 2.45) is 0 Å². The molecule has 0 amide bonds. The molecule has 0 saturated heterocycles. The molecule has 0 spiro atoms. The van der Waals surface area contributed by atoms with Crippen molar-refractivity contribution in [2.45, 2.75) is 39.5 Å². The molecule has 1 unspecified atom stereocenters. The van der Waals surface area contributed by atoms with E-state index in [2.05, 4.69) is 50.2 Å². The van der Waals surface area contributed by atoms with Gasteiger partial charge in [-0.05, 0) is 36.0 Å². The summed E-state index contributed by atoms with van der Waals surface area (Å²) in [4.78, 5) is 3.36. The van der Waals surface area contributed by atoms with E-state index in [1.165, 1.54) is 28.5 Å². The third-order valence-electron chi connectivity index (χ3n) is 3.37. The van der Waals surface area contributed by atoms with Gasteiger partial charge < -0.3 is 4.98 Å². The Hall–Kier alpha value is -1.24. The minimum absolute atomic E-state index is 0.647. The molecule has 0 aliphatic carbocycles. The summed E-state index contributed by atoms with van der Waals surface area (Å²) in [6.07, 6.45) is 4.35. The molecule has 0 fully saturated rings. The van der Waals surface area contributed by atoms with E-state index in [9.17, 15) is 0 Å². The van der Waals surface area contributed by atoms with Gasteiger partial charge in [-0.2, -0.15) is 0 Å². The summed E-state index contributed by atoms with van der Waals surface area (Å²) in [7, 11) is 0. The first-order valence-corrected chi connectivity index (χ1v) is 5.86. The molecule has 0 radical (unpaired) electrons. The van der Waals surface area contributed by atoms with Gasteiger partial charge in [-0.15, -0.1) is 0 Å². The maximum absolute atomic E-state index is 3.36.